The Kier molecular flexibility index (Phi) is 6.05. The van der Waals surface area contributed by atoms with Gasteiger partial charge >= 0.3 is 6.09 Å². The van der Waals surface area contributed by atoms with Crippen LogP contribution >= 0.6 is 0 Å². The Morgan fingerprint density at radius 3 is 2.72 bits per heavy atom. The minimum Gasteiger partial charge on any atom is -0.494 e. The molecule has 4 aromatic rings. The summed E-state index contributed by atoms with van der Waals surface area (Å²) in [5.74, 6) is 1.01. The molecule has 10 heteroatoms. The lowest BCUT2D eigenvalue weighted by molar-refractivity contribution is 0.0378. The van der Waals surface area contributed by atoms with Crippen LogP contribution in [0.15, 0.2) is 42.5 Å². The van der Waals surface area contributed by atoms with Gasteiger partial charge in [0.2, 0.25) is 0 Å². The van der Waals surface area contributed by atoms with Crippen LogP contribution in [-0.2, 0) is 13.6 Å². The number of aromatic nitrogens is 3. The molecule has 2 unspecified atom stereocenters. The Morgan fingerprint density at radius 2 is 2.00 bits per heavy atom. The van der Waals surface area contributed by atoms with E-state index < -0.39 is 18.2 Å². The number of fused-ring (bicyclic) bond motifs is 2. The lowest BCUT2D eigenvalue weighted by atomic mass is 10.0. The van der Waals surface area contributed by atoms with E-state index in [1.54, 1.807) is 24.1 Å². The number of imidazole rings is 1. The third-order valence-corrected chi connectivity index (χ3v) is 6.93. The van der Waals surface area contributed by atoms with Gasteiger partial charge in [-0.05, 0) is 37.6 Å². The maximum atomic E-state index is 13.4. The number of carboxylic acid groups (broad SMARTS) is 1. The summed E-state index contributed by atoms with van der Waals surface area (Å²) in [6, 6.07) is 13.0. The van der Waals surface area contributed by atoms with Crippen LogP contribution in [0.4, 0.5) is 4.79 Å². The molecule has 188 valence electrons. The number of amides is 2. The van der Waals surface area contributed by atoms with E-state index in [1.807, 2.05) is 23.7 Å². The van der Waals surface area contributed by atoms with Crippen molar-refractivity contribution < 1.29 is 24.5 Å². The zero-order valence-electron chi connectivity index (χ0n) is 20.4. The fourth-order valence-corrected chi connectivity index (χ4v) is 5.16. The number of ether oxygens (including phenoxy) is 1. The van der Waals surface area contributed by atoms with Gasteiger partial charge in [-0.3, -0.25) is 4.79 Å². The fourth-order valence-electron chi connectivity index (χ4n) is 5.16. The number of methoxy groups -OCH3 is 1. The molecule has 0 bridgehead atoms. The van der Waals surface area contributed by atoms with Crippen LogP contribution in [0, 0.1) is 0 Å². The predicted molar refractivity (Wildman–Crippen MR) is 135 cm³/mol. The van der Waals surface area contributed by atoms with Crippen LogP contribution in [0.3, 0.4) is 0 Å². The first-order valence-corrected chi connectivity index (χ1v) is 11.9. The first kappa shape index (κ1) is 23.7. The van der Waals surface area contributed by atoms with E-state index in [9.17, 15) is 14.7 Å². The van der Waals surface area contributed by atoms with Crippen LogP contribution < -0.4 is 10.1 Å². The maximum absolute atomic E-state index is 13.4. The van der Waals surface area contributed by atoms with Crippen molar-refractivity contribution in [1.29, 1.82) is 0 Å². The molecule has 0 saturated carbocycles. The summed E-state index contributed by atoms with van der Waals surface area (Å²) in [7, 11) is 3.49. The summed E-state index contributed by atoms with van der Waals surface area (Å²) in [4.78, 5) is 31.0. The third kappa shape index (κ3) is 3.93. The third-order valence-electron chi connectivity index (χ3n) is 6.93. The summed E-state index contributed by atoms with van der Waals surface area (Å²) in [5.41, 5.74) is 3.89. The maximum Gasteiger partial charge on any atom is 0.405 e. The second-order valence-electron chi connectivity index (χ2n) is 9.04. The van der Waals surface area contributed by atoms with Gasteiger partial charge in [-0.2, -0.15) is 0 Å². The Morgan fingerprint density at radius 1 is 1.22 bits per heavy atom. The number of hydrogen-bond acceptors (Lipinski definition) is 5. The number of likely N-dealkylation sites (tertiary alicyclic amines) is 1. The summed E-state index contributed by atoms with van der Waals surface area (Å²) in [5, 5.41) is 22.6. The predicted octanol–water partition coefficient (Wildman–Crippen LogP) is 3.07. The molecule has 1 saturated heterocycles. The number of aliphatic hydroxyl groups excluding tert-OH is 1. The Labute approximate surface area is 207 Å². The van der Waals surface area contributed by atoms with E-state index in [1.165, 1.54) is 0 Å². The number of benzene rings is 2. The van der Waals surface area contributed by atoms with Gasteiger partial charge in [-0.15, -0.1) is 0 Å². The minimum absolute atomic E-state index is 0.0801. The van der Waals surface area contributed by atoms with E-state index in [2.05, 4.69) is 35.0 Å². The quantitative estimate of drug-likeness (QED) is 0.395. The van der Waals surface area contributed by atoms with Crippen LogP contribution in [0.2, 0.25) is 0 Å². The van der Waals surface area contributed by atoms with Crippen molar-refractivity contribution in [2.75, 3.05) is 20.2 Å². The molecule has 1 aliphatic heterocycles. The highest BCUT2D eigenvalue weighted by molar-refractivity contribution is 6.00. The molecule has 2 amide bonds. The van der Waals surface area contributed by atoms with E-state index in [-0.39, 0.29) is 18.9 Å². The topological polar surface area (TPSA) is 122 Å². The van der Waals surface area contributed by atoms with Crippen molar-refractivity contribution in [1.82, 2.24) is 24.3 Å². The number of para-hydroxylation sites is 1. The summed E-state index contributed by atoms with van der Waals surface area (Å²) in [6.45, 7) is 3.27. The Bertz CT molecular complexity index is 1470. The molecule has 0 aliphatic carbocycles. The molecular weight excluding hydrogens is 462 g/mol. The number of rotatable bonds is 5. The van der Waals surface area contributed by atoms with Crippen molar-refractivity contribution in [3.8, 4) is 17.3 Å². The zero-order chi connectivity index (χ0) is 25.6. The van der Waals surface area contributed by atoms with Gasteiger partial charge in [-0.25, -0.2) is 9.78 Å². The molecule has 3 N–H and O–H groups in total. The fraction of sp³-hybridized carbons (Fsp3) is 0.346. The van der Waals surface area contributed by atoms with Crippen molar-refractivity contribution in [2.24, 2.45) is 7.05 Å². The monoisotopic (exact) mass is 491 g/mol. The Hall–Kier alpha value is -4.05. The highest BCUT2D eigenvalue weighted by Crippen LogP contribution is 2.34. The number of carbonyl (C=O) groups is 2. The van der Waals surface area contributed by atoms with E-state index in [4.69, 9.17) is 14.8 Å². The number of nitrogens with zero attached hydrogens (tertiary/aromatic N) is 4. The van der Waals surface area contributed by atoms with Crippen LogP contribution in [0.25, 0.3) is 33.5 Å². The molecular formula is C26H29N5O5. The van der Waals surface area contributed by atoms with Crippen LogP contribution in [0.5, 0.6) is 5.75 Å². The number of aliphatic hydroxyl groups is 1. The van der Waals surface area contributed by atoms with Gasteiger partial charge in [0.25, 0.3) is 5.91 Å². The van der Waals surface area contributed by atoms with Gasteiger partial charge in [0.05, 0.1) is 30.5 Å². The molecule has 0 spiro atoms. The average Bonchev–Trinajstić information content (AvgIpc) is 3.41. The molecule has 2 aromatic carbocycles. The number of nitrogens with one attached hydrogen (secondary N) is 1. The molecule has 3 heterocycles. The summed E-state index contributed by atoms with van der Waals surface area (Å²) < 4.78 is 9.86. The molecule has 2 atom stereocenters. The van der Waals surface area contributed by atoms with Crippen molar-refractivity contribution in [3.05, 3.63) is 48.0 Å². The zero-order valence-corrected chi connectivity index (χ0v) is 20.4. The highest BCUT2D eigenvalue weighted by Gasteiger charge is 2.32. The highest BCUT2D eigenvalue weighted by atomic mass is 16.5. The lowest BCUT2D eigenvalue weighted by Gasteiger charge is -2.36. The van der Waals surface area contributed by atoms with Gasteiger partial charge in [0.15, 0.2) is 5.82 Å². The average molecular weight is 492 g/mol. The largest absolute Gasteiger partial charge is 0.494 e. The van der Waals surface area contributed by atoms with Crippen LogP contribution in [0.1, 0.15) is 23.7 Å². The molecule has 1 fully saturated rings. The summed E-state index contributed by atoms with van der Waals surface area (Å²) in [6.07, 6.45) is -1.79. The minimum atomic E-state index is -1.23. The molecule has 1 aliphatic rings. The summed E-state index contributed by atoms with van der Waals surface area (Å²) >= 11 is 0. The van der Waals surface area contributed by atoms with Gasteiger partial charge in [0.1, 0.15) is 11.3 Å². The number of piperidine rings is 1. The SMILES string of the molecule is CCn1c(-c2nc3cc(C(=O)N4CCC(O)C(NC(=O)O)C4)cc(OC)c3n2C)cc2ccccc21. The first-order valence-electron chi connectivity index (χ1n) is 11.9. The Balaban J connectivity index is 1.56. The lowest BCUT2D eigenvalue weighted by Crippen LogP contribution is -2.56. The second kappa shape index (κ2) is 9.19. The molecule has 2 aromatic heterocycles. The smallest absolute Gasteiger partial charge is 0.405 e. The molecule has 10 nitrogen and oxygen atoms in total. The van der Waals surface area contributed by atoms with Gasteiger partial charge < -0.3 is 34.3 Å². The second-order valence-corrected chi connectivity index (χ2v) is 9.04. The number of aryl methyl sites for hydroxylation is 2. The number of hydrogen-bond donors (Lipinski definition) is 3. The normalized spacial score (nSPS) is 18.1. The number of carbonyl (C=O) groups excluding carboxylic acids is 1. The van der Waals surface area contributed by atoms with Crippen molar-refractivity contribution >= 4 is 33.9 Å². The van der Waals surface area contributed by atoms with E-state index in [0.717, 1.165) is 34.5 Å². The molecule has 36 heavy (non-hydrogen) atoms. The van der Waals surface area contributed by atoms with Crippen molar-refractivity contribution in [3.63, 3.8) is 0 Å². The van der Waals surface area contributed by atoms with Gasteiger partial charge in [0, 0.05) is 43.1 Å². The standard InChI is InChI=1S/C26H29N5O5/c1-4-31-19-8-6-5-7-15(19)12-20(31)24-27-17-11-16(13-22(36-3)23(17)29(24)2)25(33)30-10-9-21(32)18(14-30)28-26(34)35/h5-8,11-13,18,21,28,32H,4,9-10,14H2,1-3H3,(H,34,35). The molecule has 0 radical (unpaired) electrons. The van der Waals surface area contributed by atoms with Gasteiger partial charge in [-0.1, -0.05) is 18.2 Å². The van der Waals surface area contributed by atoms with Crippen molar-refractivity contribution in [2.45, 2.75) is 32.0 Å². The first-order chi connectivity index (χ1) is 17.3. The molecule has 5 rings (SSSR count). The van der Waals surface area contributed by atoms with E-state index in [0.29, 0.717) is 23.4 Å². The van der Waals surface area contributed by atoms with Crippen LogP contribution in [-0.4, -0.2) is 73.6 Å². The van der Waals surface area contributed by atoms with E-state index >= 15 is 0 Å².